The number of rotatable bonds is 2. The van der Waals surface area contributed by atoms with Gasteiger partial charge >= 0.3 is 18.3 Å². The predicted octanol–water partition coefficient (Wildman–Crippen LogP) is 0.868. The zero-order valence-electron chi connectivity index (χ0n) is 17.4. The van der Waals surface area contributed by atoms with E-state index < -0.39 is 41.0 Å². The molecule has 12 nitrogen and oxygen atoms in total. The van der Waals surface area contributed by atoms with Gasteiger partial charge in [0.25, 0.3) is 0 Å². The molecule has 1 unspecified atom stereocenters. The molecule has 16 heteroatoms. The highest BCUT2D eigenvalue weighted by Crippen LogP contribution is 2.44. The lowest BCUT2D eigenvalue weighted by atomic mass is 10.1. The summed E-state index contributed by atoms with van der Waals surface area (Å²) in [6.45, 7) is 1.01. The molecule has 1 aromatic carbocycles. The first-order valence-electron chi connectivity index (χ1n) is 9.50. The summed E-state index contributed by atoms with van der Waals surface area (Å²) >= 11 is 0. The van der Waals surface area contributed by atoms with Crippen molar-refractivity contribution in [3.63, 3.8) is 0 Å². The van der Waals surface area contributed by atoms with Crippen LogP contribution in [0.2, 0.25) is 0 Å². The second-order valence-corrected chi connectivity index (χ2v) is 7.39. The van der Waals surface area contributed by atoms with Crippen LogP contribution in [0.15, 0.2) is 11.0 Å². The van der Waals surface area contributed by atoms with E-state index in [4.69, 9.17) is 31.2 Å². The van der Waals surface area contributed by atoms with Crippen LogP contribution in [-0.2, 0) is 4.79 Å². The molecule has 2 aliphatic rings. The third-order valence-corrected chi connectivity index (χ3v) is 5.04. The summed E-state index contributed by atoms with van der Waals surface area (Å²) < 4.78 is 58.7. The number of ether oxygens (including phenoxy) is 2. The van der Waals surface area contributed by atoms with E-state index in [1.54, 1.807) is 17.0 Å². The first-order chi connectivity index (χ1) is 15.7. The molecular weight excluding hydrogens is 474 g/mol. The Bertz CT molecular complexity index is 1220. The molecule has 4 rings (SSSR count). The van der Waals surface area contributed by atoms with Crippen LogP contribution in [0.1, 0.15) is 6.42 Å². The van der Waals surface area contributed by atoms with Gasteiger partial charge in [0, 0.05) is 26.2 Å². The summed E-state index contributed by atoms with van der Waals surface area (Å²) in [5.74, 6) is -3.86. The van der Waals surface area contributed by atoms with Crippen molar-refractivity contribution in [2.75, 3.05) is 42.5 Å². The summed E-state index contributed by atoms with van der Waals surface area (Å²) in [5.41, 5.74) is 11.1. The minimum atomic E-state index is -5.08. The second-order valence-electron chi connectivity index (χ2n) is 7.39. The van der Waals surface area contributed by atoms with Gasteiger partial charge in [0.05, 0.1) is 17.3 Å². The molecule has 0 bridgehead atoms. The van der Waals surface area contributed by atoms with Crippen molar-refractivity contribution in [1.29, 1.82) is 0 Å². The highest BCUT2D eigenvalue weighted by molar-refractivity contribution is 6.01. The number of nitrogen functional groups attached to an aromatic ring is 1. The summed E-state index contributed by atoms with van der Waals surface area (Å²) in [4.78, 5) is 34.3. The summed E-state index contributed by atoms with van der Waals surface area (Å²) in [7, 11) is 1.66. The Morgan fingerprint density at radius 1 is 1.29 bits per heavy atom. The summed E-state index contributed by atoms with van der Waals surface area (Å²) in [6, 6.07) is -0.103. The summed E-state index contributed by atoms with van der Waals surface area (Å²) in [6.07, 6.45) is -4.83. The number of carbonyl (C=O) groups is 2. The lowest BCUT2D eigenvalue weighted by molar-refractivity contribution is -0.192. The number of aromatic nitrogens is 1. The van der Waals surface area contributed by atoms with Gasteiger partial charge in [-0.25, -0.2) is 14.0 Å². The zero-order valence-corrected chi connectivity index (χ0v) is 17.4. The Balaban J connectivity index is 0.000000406. The van der Waals surface area contributed by atoms with Crippen molar-refractivity contribution in [3.8, 4) is 11.5 Å². The molecule has 0 spiro atoms. The van der Waals surface area contributed by atoms with Crippen molar-refractivity contribution in [3.05, 3.63) is 22.2 Å². The number of nitrogens with two attached hydrogens (primary N) is 2. The molecular formula is C18H19F4N5O7. The number of alkyl halides is 3. The van der Waals surface area contributed by atoms with E-state index in [0.29, 0.717) is 19.5 Å². The number of carboxylic acids is 1. The molecule has 1 atom stereocenters. The summed E-state index contributed by atoms with van der Waals surface area (Å²) in [5, 5.41) is 17.4. The monoisotopic (exact) mass is 493 g/mol. The largest absolute Gasteiger partial charge is 0.511 e. The molecule has 186 valence electrons. The average molecular weight is 493 g/mol. The normalized spacial score (nSPS) is 17.2. The van der Waals surface area contributed by atoms with Crippen LogP contribution in [0, 0.1) is 5.82 Å². The van der Waals surface area contributed by atoms with Crippen LogP contribution in [0.5, 0.6) is 11.5 Å². The fraction of sp³-hybridized carbons (Fsp3) is 0.389. The number of pyridine rings is 1. The van der Waals surface area contributed by atoms with Crippen molar-refractivity contribution >= 4 is 34.4 Å². The van der Waals surface area contributed by atoms with E-state index in [0.717, 1.165) is 0 Å². The first-order valence-corrected chi connectivity index (χ1v) is 9.50. The van der Waals surface area contributed by atoms with Crippen LogP contribution < -0.4 is 36.3 Å². The number of hydrogen-bond acceptors (Lipinski definition) is 9. The molecule has 0 aliphatic carbocycles. The Labute approximate surface area is 187 Å². The van der Waals surface area contributed by atoms with Crippen LogP contribution in [0.4, 0.5) is 33.7 Å². The SMILES string of the molecule is CN1COc2c(N3CCC(N)C3)c(F)c(N)c3c(=O)c(OC(=O)O)cn1c23.O=C(O)C(F)(F)F. The van der Waals surface area contributed by atoms with Gasteiger partial charge in [-0.3, -0.25) is 14.5 Å². The maximum absolute atomic E-state index is 15.2. The highest BCUT2D eigenvalue weighted by Gasteiger charge is 2.38. The zero-order chi connectivity index (χ0) is 25.5. The van der Waals surface area contributed by atoms with Crippen molar-refractivity contribution in [2.24, 2.45) is 5.73 Å². The molecule has 34 heavy (non-hydrogen) atoms. The third-order valence-electron chi connectivity index (χ3n) is 5.04. The predicted molar refractivity (Wildman–Crippen MR) is 109 cm³/mol. The van der Waals surface area contributed by atoms with Crippen LogP contribution in [0.25, 0.3) is 10.9 Å². The van der Waals surface area contributed by atoms with E-state index in [1.807, 2.05) is 0 Å². The van der Waals surface area contributed by atoms with E-state index >= 15 is 4.39 Å². The number of aliphatic carboxylic acids is 1. The molecule has 2 aromatic rings. The second kappa shape index (κ2) is 8.77. The number of hydrogen-bond donors (Lipinski definition) is 4. The molecule has 0 amide bonds. The van der Waals surface area contributed by atoms with Gasteiger partial charge in [-0.1, -0.05) is 0 Å². The quantitative estimate of drug-likeness (QED) is 0.265. The maximum atomic E-state index is 15.2. The molecule has 1 saturated heterocycles. The Morgan fingerprint density at radius 2 is 1.91 bits per heavy atom. The molecule has 1 aromatic heterocycles. The Morgan fingerprint density at radius 3 is 2.41 bits per heavy atom. The van der Waals surface area contributed by atoms with Gasteiger partial charge in [-0.15, -0.1) is 0 Å². The Kier molecular flexibility index (Phi) is 6.37. The van der Waals surface area contributed by atoms with Crippen LogP contribution in [0.3, 0.4) is 0 Å². The minimum absolute atomic E-state index is 0.0493. The van der Waals surface area contributed by atoms with E-state index in [9.17, 15) is 22.8 Å². The van der Waals surface area contributed by atoms with E-state index in [1.165, 1.54) is 10.9 Å². The third kappa shape index (κ3) is 4.43. The van der Waals surface area contributed by atoms with Crippen molar-refractivity contribution < 1.29 is 46.8 Å². The topological polar surface area (TPSA) is 174 Å². The Hall–Kier alpha value is -3.95. The average Bonchev–Trinajstić information content (AvgIpc) is 3.15. The number of halogens is 4. The van der Waals surface area contributed by atoms with Gasteiger partial charge in [-0.05, 0) is 6.42 Å². The van der Waals surface area contributed by atoms with Gasteiger partial charge in [0.15, 0.2) is 18.3 Å². The van der Waals surface area contributed by atoms with Gasteiger partial charge in [0.2, 0.25) is 11.2 Å². The maximum Gasteiger partial charge on any atom is 0.511 e. The fourth-order valence-electron chi connectivity index (χ4n) is 3.56. The minimum Gasteiger partial charge on any atom is -0.475 e. The van der Waals surface area contributed by atoms with Crippen molar-refractivity contribution in [2.45, 2.75) is 18.6 Å². The van der Waals surface area contributed by atoms with Gasteiger partial charge in [0.1, 0.15) is 11.2 Å². The number of nitrogens with zero attached hydrogens (tertiary/aromatic N) is 3. The van der Waals surface area contributed by atoms with E-state index in [2.05, 4.69) is 4.74 Å². The molecule has 2 aliphatic heterocycles. The number of benzene rings is 1. The van der Waals surface area contributed by atoms with Gasteiger partial charge in [-0.2, -0.15) is 13.2 Å². The lowest BCUT2D eigenvalue weighted by Crippen LogP contribution is -2.40. The smallest absolute Gasteiger partial charge is 0.475 e. The fourth-order valence-corrected chi connectivity index (χ4v) is 3.56. The molecule has 3 heterocycles. The highest BCUT2D eigenvalue weighted by atomic mass is 19.4. The molecule has 0 radical (unpaired) electrons. The molecule has 0 saturated carbocycles. The van der Waals surface area contributed by atoms with Crippen LogP contribution >= 0.6 is 0 Å². The number of anilines is 2. The standard InChI is InChI=1S/C16H18FN5O5.C2HF3O2/c1-20-6-26-15-12-9(14(23)8(5-22(12)20)27-16(24)25)11(19)10(17)13(15)21-3-2-7(18)4-21;3-2(4,5)1(6)7/h5,7H,2-4,6,18-19H2,1H3,(H,24,25);(H,6,7). The van der Waals surface area contributed by atoms with Gasteiger partial charge < -0.3 is 36.1 Å². The molecule has 1 fully saturated rings. The molecule has 6 N–H and O–H groups in total. The first kappa shape index (κ1) is 24.7. The number of carboxylic acid groups (broad SMARTS) is 2. The van der Waals surface area contributed by atoms with Crippen LogP contribution in [-0.4, -0.2) is 66.1 Å². The van der Waals surface area contributed by atoms with Crippen molar-refractivity contribution in [1.82, 2.24) is 4.68 Å². The van der Waals surface area contributed by atoms with E-state index in [-0.39, 0.29) is 35.1 Å². The lowest BCUT2D eigenvalue weighted by Gasteiger charge is -2.33.